The highest BCUT2D eigenvalue weighted by Crippen LogP contribution is 2.36. The highest BCUT2D eigenvalue weighted by Gasteiger charge is 2.33. The molecule has 1 unspecified atom stereocenters. The third-order valence-corrected chi connectivity index (χ3v) is 7.86. The van der Waals surface area contributed by atoms with Crippen molar-refractivity contribution in [2.45, 2.75) is 56.9 Å². The zero-order valence-corrected chi connectivity index (χ0v) is 21.7. The summed E-state index contributed by atoms with van der Waals surface area (Å²) in [6.45, 7) is 4.93. The van der Waals surface area contributed by atoms with Gasteiger partial charge in [-0.3, -0.25) is 9.59 Å². The van der Waals surface area contributed by atoms with Crippen LogP contribution >= 0.6 is 0 Å². The molecule has 0 aromatic heterocycles. The van der Waals surface area contributed by atoms with Gasteiger partial charge in [-0.05, 0) is 61.4 Å². The molecule has 1 fully saturated rings. The lowest BCUT2D eigenvalue weighted by molar-refractivity contribution is -0.138. The van der Waals surface area contributed by atoms with Crippen molar-refractivity contribution in [1.82, 2.24) is 10.2 Å². The summed E-state index contributed by atoms with van der Waals surface area (Å²) in [5.74, 6) is -0.752. The molecule has 0 spiro atoms. The number of aliphatic carboxylic acids is 1. The molecule has 3 aromatic carbocycles. The Morgan fingerprint density at radius 2 is 1.54 bits per heavy atom. The van der Waals surface area contributed by atoms with Crippen molar-refractivity contribution in [3.05, 3.63) is 96.1 Å². The Labute approximate surface area is 220 Å². The van der Waals surface area contributed by atoms with Gasteiger partial charge in [0.1, 0.15) is 0 Å². The Kier molecular flexibility index (Phi) is 9.13. The second-order valence-corrected chi connectivity index (χ2v) is 10.2. The number of hydrogen-bond acceptors (Lipinski definition) is 3. The lowest BCUT2D eigenvalue weighted by Gasteiger charge is -2.35. The Bertz CT molecular complexity index is 1160. The maximum atomic E-state index is 13.2. The summed E-state index contributed by atoms with van der Waals surface area (Å²) < 4.78 is 0. The Hall–Kier alpha value is -3.44. The first-order chi connectivity index (χ1) is 18.0. The average molecular weight is 499 g/mol. The van der Waals surface area contributed by atoms with Crippen LogP contribution in [0.5, 0.6) is 0 Å². The summed E-state index contributed by atoms with van der Waals surface area (Å²) in [5, 5.41) is 12.9. The zero-order valence-electron chi connectivity index (χ0n) is 21.7. The van der Waals surface area contributed by atoms with E-state index in [2.05, 4.69) is 29.3 Å². The van der Waals surface area contributed by atoms with Gasteiger partial charge in [-0.1, -0.05) is 85.8 Å². The van der Waals surface area contributed by atoms with Gasteiger partial charge in [0, 0.05) is 30.1 Å². The number of carboxylic acid groups (broad SMARTS) is 1. The molecule has 5 nitrogen and oxygen atoms in total. The van der Waals surface area contributed by atoms with E-state index in [-0.39, 0.29) is 23.8 Å². The van der Waals surface area contributed by atoms with E-state index in [0.29, 0.717) is 5.56 Å². The summed E-state index contributed by atoms with van der Waals surface area (Å²) in [5.41, 5.74) is 3.51. The summed E-state index contributed by atoms with van der Waals surface area (Å²) in [4.78, 5) is 27.3. The minimum Gasteiger partial charge on any atom is -0.481 e. The molecule has 1 aliphatic heterocycles. The summed E-state index contributed by atoms with van der Waals surface area (Å²) in [7, 11) is 0. The number of likely N-dealkylation sites (tertiary alicyclic amines) is 1. The third-order valence-electron chi connectivity index (χ3n) is 7.86. The van der Waals surface area contributed by atoms with Crippen LogP contribution in [-0.4, -0.2) is 47.6 Å². The van der Waals surface area contributed by atoms with Gasteiger partial charge in [0.05, 0.1) is 6.42 Å². The quantitative estimate of drug-likeness (QED) is 0.333. The van der Waals surface area contributed by atoms with Crippen LogP contribution in [0, 0.1) is 0 Å². The molecule has 3 aromatic rings. The lowest BCUT2D eigenvalue weighted by atomic mass is 9.72. The van der Waals surface area contributed by atoms with Crippen LogP contribution in [0.15, 0.2) is 84.9 Å². The van der Waals surface area contributed by atoms with Crippen LogP contribution in [0.25, 0.3) is 11.1 Å². The zero-order chi connectivity index (χ0) is 26.1. The minimum absolute atomic E-state index is 0.0119. The van der Waals surface area contributed by atoms with Crippen LogP contribution in [0.4, 0.5) is 0 Å². The fourth-order valence-electron chi connectivity index (χ4n) is 5.68. The fourth-order valence-corrected chi connectivity index (χ4v) is 5.68. The number of nitrogens with one attached hydrogen (secondary N) is 1. The van der Waals surface area contributed by atoms with E-state index in [4.69, 9.17) is 0 Å². The van der Waals surface area contributed by atoms with E-state index in [1.807, 2.05) is 72.8 Å². The first-order valence-electron chi connectivity index (χ1n) is 13.5. The van der Waals surface area contributed by atoms with E-state index in [9.17, 15) is 14.7 Å². The molecule has 2 N–H and O–H groups in total. The smallest absolute Gasteiger partial charge is 0.304 e. The van der Waals surface area contributed by atoms with Gasteiger partial charge < -0.3 is 15.3 Å². The fraction of sp³-hybridized carbons (Fsp3) is 0.375. The predicted molar refractivity (Wildman–Crippen MR) is 149 cm³/mol. The van der Waals surface area contributed by atoms with Crippen molar-refractivity contribution in [2.75, 3.05) is 19.6 Å². The molecule has 37 heavy (non-hydrogen) atoms. The number of amides is 1. The van der Waals surface area contributed by atoms with Crippen molar-refractivity contribution in [3.8, 4) is 11.1 Å². The van der Waals surface area contributed by atoms with E-state index in [1.165, 1.54) is 0 Å². The maximum Gasteiger partial charge on any atom is 0.304 e. The molecular weight excluding hydrogens is 460 g/mol. The molecule has 4 rings (SSSR count). The van der Waals surface area contributed by atoms with Gasteiger partial charge in [0.15, 0.2) is 0 Å². The number of piperidine rings is 1. The number of hydrogen-bond donors (Lipinski definition) is 2. The number of nitrogens with zero attached hydrogens (tertiary/aromatic N) is 1. The van der Waals surface area contributed by atoms with Gasteiger partial charge in [0.2, 0.25) is 0 Å². The van der Waals surface area contributed by atoms with Gasteiger partial charge in [-0.25, -0.2) is 0 Å². The molecule has 1 aliphatic rings. The Morgan fingerprint density at radius 3 is 2.19 bits per heavy atom. The number of benzene rings is 3. The molecule has 0 saturated carbocycles. The highest BCUT2D eigenvalue weighted by atomic mass is 16.4. The first-order valence-corrected chi connectivity index (χ1v) is 13.5. The lowest BCUT2D eigenvalue weighted by Crippen LogP contribution is -2.45. The normalized spacial score (nSPS) is 16.1. The maximum absolute atomic E-state index is 13.2. The minimum atomic E-state index is -0.740. The molecule has 1 atom stereocenters. The van der Waals surface area contributed by atoms with Crippen molar-refractivity contribution in [3.63, 3.8) is 0 Å². The second-order valence-electron chi connectivity index (χ2n) is 10.2. The SMILES string of the molecule is CCC(CCCN1CCC(NC(=O)c2ccccc2-c2ccccc2)CC1)(CC(=O)O)c1ccccc1. The van der Waals surface area contributed by atoms with E-state index in [0.717, 1.165) is 68.4 Å². The van der Waals surface area contributed by atoms with Crippen LogP contribution in [-0.2, 0) is 10.2 Å². The molecule has 0 radical (unpaired) electrons. The van der Waals surface area contributed by atoms with Crippen molar-refractivity contribution in [1.29, 1.82) is 0 Å². The molecule has 1 amide bonds. The van der Waals surface area contributed by atoms with Crippen molar-refractivity contribution < 1.29 is 14.7 Å². The van der Waals surface area contributed by atoms with Crippen LogP contribution in [0.3, 0.4) is 0 Å². The average Bonchev–Trinajstić information content (AvgIpc) is 2.94. The van der Waals surface area contributed by atoms with E-state index in [1.54, 1.807) is 0 Å². The van der Waals surface area contributed by atoms with Gasteiger partial charge in [-0.15, -0.1) is 0 Å². The molecule has 5 heteroatoms. The topological polar surface area (TPSA) is 69.6 Å². The van der Waals surface area contributed by atoms with Gasteiger partial charge in [0.25, 0.3) is 5.91 Å². The van der Waals surface area contributed by atoms with Crippen molar-refractivity contribution in [2.24, 2.45) is 0 Å². The van der Waals surface area contributed by atoms with E-state index < -0.39 is 5.97 Å². The number of carbonyl (C=O) groups excluding carboxylic acids is 1. The molecule has 0 aliphatic carbocycles. The van der Waals surface area contributed by atoms with Crippen LogP contribution in [0.1, 0.15) is 61.4 Å². The molecule has 1 saturated heterocycles. The van der Waals surface area contributed by atoms with E-state index >= 15 is 0 Å². The van der Waals surface area contributed by atoms with Crippen molar-refractivity contribution >= 4 is 11.9 Å². The van der Waals surface area contributed by atoms with Gasteiger partial charge in [-0.2, -0.15) is 0 Å². The van der Waals surface area contributed by atoms with Gasteiger partial charge >= 0.3 is 5.97 Å². The third kappa shape index (κ3) is 6.86. The molecule has 0 bridgehead atoms. The second kappa shape index (κ2) is 12.7. The summed E-state index contributed by atoms with van der Waals surface area (Å²) in [6.07, 6.45) is 4.62. The number of carboxylic acids is 1. The molecule has 194 valence electrons. The predicted octanol–water partition coefficient (Wildman–Crippen LogP) is 6.15. The number of carbonyl (C=O) groups is 2. The van der Waals surface area contributed by atoms with Crippen LogP contribution in [0.2, 0.25) is 0 Å². The standard InChI is InChI=1S/C32H38N2O3/c1-2-32(24-30(35)36,26-14-7-4-8-15-26)20-11-21-34-22-18-27(19-23-34)33-31(37)29-17-10-9-16-28(29)25-12-5-3-6-13-25/h3-10,12-17,27H,2,11,18-24H2,1H3,(H,33,37)(H,35,36). The summed E-state index contributed by atoms with van der Waals surface area (Å²) >= 11 is 0. The highest BCUT2D eigenvalue weighted by molar-refractivity contribution is 6.01. The Balaban J connectivity index is 1.29. The largest absolute Gasteiger partial charge is 0.481 e. The molecular formula is C32H38N2O3. The number of rotatable bonds is 11. The Morgan fingerprint density at radius 1 is 0.919 bits per heavy atom. The first kappa shape index (κ1) is 26.6. The van der Waals surface area contributed by atoms with Crippen LogP contribution < -0.4 is 5.32 Å². The monoisotopic (exact) mass is 498 g/mol. The summed E-state index contributed by atoms with van der Waals surface area (Å²) in [6, 6.07) is 28.1. The molecule has 1 heterocycles.